The molecule has 114 valence electrons. The summed E-state index contributed by atoms with van der Waals surface area (Å²) in [6, 6.07) is -0.553. The molecule has 1 rings (SSSR count). The topological polar surface area (TPSA) is 113 Å². The number of rotatable bonds is 8. The van der Waals surface area contributed by atoms with Gasteiger partial charge in [0.15, 0.2) is 5.78 Å². The van der Waals surface area contributed by atoms with Crippen LogP contribution in [0.5, 0.6) is 0 Å². The van der Waals surface area contributed by atoms with E-state index in [1.807, 2.05) is 0 Å². The highest BCUT2D eigenvalue weighted by Gasteiger charge is 2.23. The molecular formula is C13H24N4O3. The Morgan fingerprint density at radius 1 is 1.40 bits per heavy atom. The van der Waals surface area contributed by atoms with E-state index in [0.29, 0.717) is 25.9 Å². The summed E-state index contributed by atoms with van der Waals surface area (Å²) in [7, 11) is 0. The third-order valence-electron chi connectivity index (χ3n) is 3.38. The van der Waals surface area contributed by atoms with Crippen LogP contribution in [-0.4, -0.2) is 49.8 Å². The van der Waals surface area contributed by atoms with Gasteiger partial charge in [0.25, 0.3) is 0 Å². The molecule has 1 aliphatic heterocycles. The van der Waals surface area contributed by atoms with E-state index in [9.17, 15) is 14.4 Å². The van der Waals surface area contributed by atoms with Crippen molar-refractivity contribution in [2.45, 2.75) is 32.2 Å². The van der Waals surface area contributed by atoms with Crippen LogP contribution in [-0.2, 0) is 14.4 Å². The number of amides is 2. The quantitative estimate of drug-likeness (QED) is 0.434. The van der Waals surface area contributed by atoms with Gasteiger partial charge in [-0.05, 0) is 25.9 Å². The van der Waals surface area contributed by atoms with E-state index < -0.39 is 6.04 Å². The summed E-state index contributed by atoms with van der Waals surface area (Å²) >= 11 is 0. The van der Waals surface area contributed by atoms with E-state index in [2.05, 4.69) is 16.0 Å². The molecule has 0 bridgehead atoms. The summed E-state index contributed by atoms with van der Waals surface area (Å²) in [6.45, 7) is 3.45. The fraction of sp³-hybridized carbons (Fsp3) is 0.769. The third-order valence-corrected chi connectivity index (χ3v) is 3.38. The van der Waals surface area contributed by atoms with Gasteiger partial charge in [-0.2, -0.15) is 0 Å². The molecule has 7 nitrogen and oxygen atoms in total. The van der Waals surface area contributed by atoms with Gasteiger partial charge in [-0.15, -0.1) is 0 Å². The normalized spacial score (nSPS) is 19.4. The van der Waals surface area contributed by atoms with Crippen LogP contribution in [0.15, 0.2) is 0 Å². The van der Waals surface area contributed by atoms with Gasteiger partial charge in [0, 0.05) is 13.0 Å². The fourth-order valence-electron chi connectivity index (χ4n) is 2.16. The summed E-state index contributed by atoms with van der Waals surface area (Å²) in [5, 5.41) is 8.30. The highest BCUT2D eigenvalue weighted by Crippen LogP contribution is 2.06. The third kappa shape index (κ3) is 5.26. The zero-order chi connectivity index (χ0) is 15.0. The number of carbonyl (C=O) groups excluding carboxylic acids is 3. The lowest BCUT2D eigenvalue weighted by Gasteiger charge is -2.17. The predicted octanol–water partition coefficient (Wildman–Crippen LogP) is -1.48. The number of nitrogens with one attached hydrogen (secondary N) is 3. The lowest BCUT2D eigenvalue weighted by Crippen LogP contribution is -2.47. The largest absolute Gasteiger partial charge is 0.347 e. The Bertz CT molecular complexity index is 354. The molecule has 2 atom stereocenters. The number of Topliss-reactive ketones (excluding diaryl/α,β-unsaturated/α-hetero) is 1. The van der Waals surface area contributed by atoms with Gasteiger partial charge in [-0.25, -0.2) is 0 Å². The molecule has 0 aromatic carbocycles. The van der Waals surface area contributed by atoms with Crippen molar-refractivity contribution in [3.8, 4) is 0 Å². The van der Waals surface area contributed by atoms with E-state index in [1.54, 1.807) is 6.92 Å². The maximum Gasteiger partial charge on any atom is 0.239 e. The van der Waals surface area contributed by atoms with Crippen molar-refractivity contribution in [1.29, 1.82) is 0 Å². The minimum Gasteiger partial charge on any atom is -0.347 e. The van der Waals surface area contributed by atoms with Gasteiger partial charge in [0.1, 0.15) is 0 Å². The van der Waals surface area contributed by atoms with Crippen LogP contribution >= 0.6 is 0 Å². The molecule has 1 fully saturated rings. The zero-order valence-electron chi connectivity index (χ0n) is 11.9. The Balaban J connectivity index is 2.33. The van der Waals surface area contributed by atoms with E-state index >= 15 is 0 Å². The van der Waals surface area contributed by atoms with Gasteiger partial charge in [-0.3, -0.25) is 14.4 Å². The Morgan fingerprint density at radius 2 is 2.15 bits per heavy atom. The summed E-state index contributed by atoms with van der Waals surface area (Å²) < 4.78 is 0. The van der Waals surface area contributed by atoms with Crippen LogP contribution in [0.4, 0.5) is 0 Å². The van der Waals surface area contributed by atoms with Crippen molar-refractivity contribution in [3.63, 3.8) is 0 Å². The van der Waals surface area contributed by atoms with E-state index in [-0.39, 0.29) is 30.1 Å². The summed E-state index contributed by atoms with van der Waals surface area (Å²) in [5.74, 6) is -0.595. The molecule has 0 aromatic heterocycles. The average Bonchev–Trinajstić information content (AvgIpc) is 2.97. The average molecular weight is 284 g/mol. The molecule has 2 amide bonds. The molecule has 7 heteroatoms. The second-order valence-corrected chi connectivity index (χ2v) is 4.92. The van der Waals surface area contributed by atoms with Gasteiger partial charge in [0.05, 0.1) is 18.5 Å². The molecule has 1 aliphatic rings. The van der Waals surface area contributed by atoms with Gasteiger partial charge >= 0.3 is 0 Å². The highest BCUT2D eigenvalue weighted by atomic mass is 16.2. The SMILES string of the molecule is CCC(=O)C(CCN)NC(=O)CNC(=O)[C@H]1CCNC1. The van der Waals surface area contributed by atoms with Crippen molar-refractivity contribution < 1.29 is 14.4 Å². The van der Waals surface area contributed by atoms with Gasteiger partial charge in [-0.1, -0.05) is 6.92 Å². The number of hydrogen-bond donors (Lipinski definition) is 4. The lowest BCUT2D eigenvalue weighted by molar-refractivity contribution is -0.130. The van der Waals surface area contributed by atoms with Crippen molar-refractivity contribution in [2.24, 2.45) is 11.7 Å². The monoisotopic (exact) mass is 284 g/mol. The van der Waals surface area contributed by atoms with Crippen LogP contribution in [0, 0.1) is 5.92 Å². The van der Waals surface area contributed by atoms with Gasteiger partial charge in [0.2, 0.25) is 11.8 Å². The number of ketones is 1. The van der Waals surface area contributed by atoms with Crippen LogP contribution in [0.2, 0.25) is 0 Å². The van der Waals surface area contributed by atoms with Crippen molar-refractivity contribution in [1.82, 2.24) is 16.0 Å². The first-order chi connectivity index (χ1) is 9.58. The van der Waals surface area contributed by atoms with Crippen LogP contribution in [0.25, 0.3) is 0 Å². The summed E-state index contributed by atoms with van der Waals surface area (Å²) in [4.78, 5) is 35.1. The molecule has 0 aliphatic carbocycles. The minimum absolute atomic E-state index is 0.0462. The Kier molecular flexibility index (Phi) is 7.17. The maximum atomic E-state index is 11.7. The number of carbonyl (C=O) groups is 3. The second kappa shape index (κ2) is 8.65. The number of nitrogens with two attached hydrogens (primary N) is 1. The van der Waals surface area contributed by atoms with E-state index in [0.717, 1.165) is 13.0 Å². The standard InChI is InChI=1S/C13H24N4O3/c1-2-11(18)10(3-5-14)17-12(19)8-16-13(20)9-4-6-15-7-9/h9-10,15H,2-8,14H2,1H3,(H,16,20)(H,17,19)/t9-,10?/m0/s1. The first-order valence-corrected chi connectivity index (χ1v) is 7.09. The molecule has 1 unspecified atom stereocenters. The Morgan fingerprint density at radius 3 is 2.70 bits per heavy atom. The first-order valence-electron chi connectivity index (χ1n) is 7.09. The second-order valence-electron chi connectivity index (χ2n) is 4.92. The first kappa shape index (κ1) is 16.6. The number of hydrogen-bond acceptors (Lipinski definition) is 5. The van der Waals surface area contributed by atoms with Gasteiger partial charge < -0.3 is 21.7 Å². The smallest absolute Gasteiger partial charge is 0.239 e. The maximum absolute atomic E-state index is 11.7. The summed E-state index contributed by atoms with van der Waals surface area (Å²) in [5.41, 5.74) is 5.42. The highest BCUT2D eigenvalue weighted by molar-refractivity contribution is 5.91. The molecule has 0 saturated carbocycles. The molecule has 20 heavy (non-hydrogen) atoms. The van der Waals surface area contributed by atoms with Crippen LogP contribution in [0.1, 0.15) is 26.2 Å². The predicted molar refractivity (Wildman–Crippen MR) is 74.9 cm³/mol. The van der Waals surface area contributed by atoms with Crippen molar-refractivity contribution in [3.05, 3.63) is 0 Å². The van der Waals surface area contributed by atoms with E-state index in [4.69, 9.17) is 5.73 Å². The minimum atomic E-state index is -0.553. The van der Waals surface area contributed by atoms with Crippen LogP contribution < -0.4 is 21.7 Å². The van der Waals surface area contributed by atoms with Crippen LogP contribution in [0.3, 0.4) is 0 Å². The molecule has 0 radical (unpaired) electrons. The molecule has 1 heterocycles. The summed E-state index contributed by atoms with van der Waals surface area (Å²) in [6.07, 6.45) is 1.56. The fourth-order valence-corrected chi connectivity index (χ4v) is 2.16. The van der Waals surface area contributed by atoms with E-state index in [1.165, 1.54) is 0 Å². The van der Waals surface area contributed by atoms with Crippen molar-refractivity contribution in [2.75, 3.05) is 26.2 Å². The molecule has 1 saturated heterocycles. The Hall–Kier alpha value is -1.47. The molecular weight excluding hydrogens is 260 g/mol. The molecule has 0 aromatic rings. The Labute approximate surface area is 119 Å². The van der Waals surface area contributed by atoms with Crippen molar-refractivity contribution >= 4 is 17.6 Å². The zero-order valence-corrected chi connectivity index (χ0v) is 11.9. The molecule has 5 N–H and O–H groups in total. The molecule has 0 spiro atoms. The lowest BCUT2D eigenvalue weighted by atomic mass is 10.1.